The van der Waals surface area contributed by atoms with Gasteiger partial charge in [0, 0.05) is 36.8 Å². The van der Waals surface area contributed by atoms with Gasteiger partial charge in [-0.15, -0.1) is 0 Å². The van der Waals surface area contributed by atoms with Crippen molar-refractivity contribution in [3.63, 3.8) is 0 Å². The van der Waals surface area contributed by atoms with E-state index in [1.807, 2.05) is 6.21 Å². The van der Waals surface area contributed by atoms with Gasteiger partial charge in [-0.1, -0.05) is 0 Å². The van der Waals surface area contributed by atoms with Crippen LogP contribution in [-0.2, 0) is 22.4 Å². The first-order valence-corrected chi connectivity index (χ1v) is 7.97. The number of esters is 1. The number of benzene rings is 1. The van der Waals surface area contributed by atoms with Gasteiger partial charge >= 0.3 is 5.97 Å². The van der Waals surface area contributed by atoms with E-state index < -0.39 is 0 Å². The first-order chi connectivity index (χ1) is 11.0. The number of rotatable bonds is 5. The van der Waals surface area contributed by atoms with Gasteiger partial charge in [0.2, 0.25) is 0 Å². The second kappa shape index (κ2) is 6.54. The first-order valence-electron chi connectivity index (χ1n) is 7.97. The Balaban J connectivity index is 1.82. The van der Waals surface area contributed by atoms with Gasteiger partial charge in [0.1, 0.15) is 6.61 Å². The molecular weight excluding hydrogens is 290 g/mol. The molecule has 0 aliphatic carbocycles. The number of aromatic amines is 1. The van der Waals surface area contributed by atoms with Crippen LogP contribution in [0.3, 0.4) is 0 Å². The highest BCUT2D eigenvalue weighted by atomic mass is 16.5. The summed E-state index contributed by atoms with van der Waals surface area (Å²) in [6.45, 7) is 2.81. The third kappa shape index (κ3) is 3.62. The van der Waals surface area contributed by atoms with Crippen molar-refractivity contribution in [2.75, 3.05) is 27.2 Å². The fourth-order valence-corrected chi connectivity index (χ4v) is 2.94. The Morgan fingerprint density at radius 1 is 1.43 bits per heavy atom. The molecule has 1 aliphatic heterocycles. The zero-order valence-corrected chi connectivity index (χ0v) is 13.9. The van der Waals surface area contributed by atoms with Gasteiger partial charge < -0.3 is 14.6 Å². The summed E-state index contributed by atoms with van der Waals surface area (Å²) in [5.74, 6) is -0.252. The Morgan fingerprint density at radius 3 is 3.00 bits per heavy atom. The second-order valence-corrected chi connectivity index (χ2v) is 6.40. The Kier molecular flexibility index (Phi) is 4.48. The summed E-state index contributed by atoms with van der Waals surface area (Å²) in [6, 6.07) is 4.45. The predicted molar refractivity (Wildman–Crippen MR) is 92.3 cm³/mol. The standard InChI is InChI=1S/C18H23N3O2/c1-12(22)23-11-16-6-14-7-17-13(4-5-21(2)3)9-20-18(17)8-15(14)10-19-16/h7-10,16,20H,4-6,11H2,1-3H3. The summed E-state index contributed by atoms with van der Waals surface area (Å²) in [5, 5.41) is 1.28. The molecule has 5 nitrogen and oxygen atoms in total. The van der Waals surface area contributed by atoms with E-state index in [1.165, 1.54) is 23.4 Å². The number of likely N-dealkylation sites (N-methyl/N-ethyl adjacent to an activating group) is 1. The van der Waals surface area contributed by atoms with Crippen molar-refractivity contribution < 1.29 is 9.53 Å². The maximum absolute atomic E-state index is 11.0. The number of aromatic nitrogens is 1. The van der Waals surface area contributed by atoms with Crippen LogP contribution in [0.15, 0.2) is 23.3 Å². The Bertz CT molecular complexity index is 746. The van der Waals surface area contributed by atoms with Crippen LogP contribution in [0.5, 0.6) is 0 Å². The van der Waals surface area contributed by atoms with Crippen molar-refractivity contribution in [3.8, 4) is 0 Å². The van der Waals surface area contributed by atoms with E-state index >= 15 is 0 Å². The van der Waals surface area contributed by atoms with Crippen LogP contribution in [0.25, 0.3) is 10.9 Å². The van der Waals surface area contributed by atoms with Crippen LogP contribution < -0.4 is 0 Å². The summed E-state index contributed by atoms with van der Waals surface area (Å²) < 4.78 is 5.09. The molecule has 0 bridgehead atoms. The van der Waals surface area contributed by atoms with Gasteiger partial charge in [0.15, 0.2) is 0 Å². The van der Waals surface area contributed by atoms with Crippen molar-refractivity contribution in [1.29, 1.82) is 0 Å². The van der Waals surface area contributed by atoms with Crippen molar-refractivity contribution in [2.24, 2.45) is 4.99 Å². The molecule has 0 saturated heterocycles. The van der Waals surface area contributed by atoms with E-state index in [9.17, 15) is 4.79 Å². The molecule has 2 aromatic rings. The van der Waals surface area contributed by atoms with Gasteiger partial charge in [0.05, 0.1) is 6.04 Å². The van der Waals surface area contributed by atoms with E-state index in [-0.39, 0.29) is 12.0 Å². The van der Waals surface area contributed by atoms with Gasteiger partial charge in [0.25, 0.3) is 0 Å². The fraction of sp³-hybridized carbons (Fsp3) is 0.444. The van der Waals surface area contributed by atoms with Gasteiger partial charge in [-0.2, -0.15) is 0 Å². The number of carbonyl (C=O) groups is 1. The number of carbonyl (C=O) groups excluding carboxylic acids is 1. The minimum absolute atomic E-state index is 0.0213. The number of H-pyrrole nitrogens is 1. The molecule has 3 rings (SSSR count). The number of aliphatic imine (C=N–C) groups is 1. The lowest BCUT2D eigenvalue weighted by Crippen LogP contribution is -2.22. The molecule has 1 unspecified atom stereocenters. The van der Waals surface area contributed by atoms with E-state index in [1.54, 1.807) is 0 Å². The third-order valence-electron chi connectivity index (χ3n) is 4.21. The first kappa shape index (κ1) is 15.7. The molecule has 23 heavy (non-hydrogen) atoms. The van der Waals surface area contributed by atoms with Crippen LogP contribution >= 0.6 is 0 Å². The lowest BCUT2D eigenvalue weighted by molar-refractivity contribution is -0.141. The third-order valence-corrected chi connectivity index (χ3v) is 4.21. The summed E-state index contributed by atoms with van der Waals surface area (Å²) in [5.41, 5.74) is 4.92. The summed E-state index contributed by atoms with van der Waals surface area (Å²) in [6.07, 6.45) is 5.84. The molecule has 0 amide bonds. The SMILES string of the molecule is CC(=O)OCC1Cc2cc3c(CCN(C)C)c[nH]c3cc2C=N1. The average Bonchev–Trinajstić information content (AvgIpc) is 2.90. The maximum Gasteiger partial charge on any atom is 0.302 e. The van der Waals surface area contributed by atoms with Crippen LogP contribution in [0.1, 0.15) is 23.6 Å². The second-order valence-electron chi connectivity index (χ2n) is 6.40. The number of hydrogen-bond donors (Lipinski definition) is 1. The lowest BCUT2D eigenvalue weighted by atomic mass is 9.95. The minimum atomic E-state index is -0.252. The van der Waals surface area contributed by atoms with Crippen LogP contribution in [-0.4, -0.2) is 55.4 Å². The van der Waals surface area contributed by atoms with Crippen molar-refractivity contribution in [2.45, 2.75) is 25.8 Å². The molecule has 0 fully saturated rings. The van der Waals surface area contributed by atoms with E-state index in [4.69, 9.17) is 4.74 Å². The molecule has 2 heterocycles. The van der Waals surface area contributed by atoms with Crippen molar-refractivity contribution in [1.82, 2.24) is 9.88 Å². The van der Waals surface area contributed by atoms with Crippen molar-refractivity contribution in [3.05, 3.63) is 35.0 Å². The van der Waals surface area contributed by atoms with Gasteiger partial charge in [-0.25, -0.2) is 0 Å². The van der Waals surface area contributed by atoms with Crippen molar-refractivity contribution >= 4 is 23.1 Å². The highest BCUT2D eigenvalue weighted by Gasteiger charge is 2.18. The van der Waals surface area contributed by atoms with Gasteiger partial charge in [-0.3, -0.25) is 9.79 Å². The van der Waals surface area contributed by atoms with Crippen LogP contribution in [0.4, 0.5) is 0 Å². The quantitative estimate of drug-likeness (QED) is 0.861. The highest BCUT2D eigenvalue weighted by Crippen LogP contribution is 2.26. The molecule has 5 heteroatoms. The molecule has 1 atom stereocenters. The molecular formula is C18H23N3O2. The molecule has 1 aliphatic rings. The number of nitrogens with zero attached hydrogens (tertiary/aromatic N) is 2. The predicted octanol–water partition coefficient (Wildman–Crippen LogP) is 2.18. The Labute approximate surface area is 136 Å². The smallest absolute Gasteiger partial charge is 0.302 e. The summed E-state index contributed by atoms with van der Waals surface area (Å²) in [4.78, 5) is 21.0. The summed E-state index contributed by atoms with van der Waals surface area (Å²) >= 11 is 0. The van der Waals surface area contributed by atoms with Gasteiger partial charge in [-0.05, 0) is 55.8 Å². The molecule has 1 N–H and O–H groups in total. The van der Waals surface area contributed by atoms with E-state index in [0.717, 1.165) is 30.5 Å². The number of fused-ring (bicyclic) bond motifs is 2. The van der Waals surface area contributed by atoms with E-state index in [0.29, 0.717) is 6.61 Å². The molecule has 0 radical (unpaired) electrons. The number of ether oxygens (including phenoxy) is 1. The molecule has 1 aromatic heterocycles. The molecule has 1 aromatic carbocycles. The molecule has 0 saturated carbocycles. The highest BCUT2D eigenvalue weighted by molar-refractivity contribution is 5.93. The number of hydrogen-bond acceptors (Lipinski definition) is 4. The Hall–Kier alpha value is -2.14. The largest absolute Gasteiger partial charge is 0.464 e. The monoisotopic (exact) mass is 313 g/mol. The average molecular weight is 313 g/mol. The van der Waals surface area contributed by atoms with E-state index in [2.05, 4.69) is 47.3 Å². The van der Waals surface area contributed by atoms with Crippen LogP contribution in [0, 0.1) is 0 Å². The lowest BCUT2D eigenvalue weighted by Gasteiger charge is -2.19. The zero-order chi connectivity index (χ0) is 16.4. The molecule has 122 valence electrons. The summed E-state index contributed by atoms with van der Waals surface area (Å²) in [7, 11) is 4.18. The van der Waals surface area contributed by atoms with Crippen LogP contribution in [0.2, 0.25) is 0 Å². The Morgan fingerprint density at radius 2 is 2.26 bits per heavy atom. The fourth-order valence-electron chi connectivity index (χ4n) is 2.94. The minimum Gasteiger partial charge on any atom is -0.464 e. The topological polar surface area (TPSA) is 57.7 Å². The zero-order valence-electron chi connectivity index (χ0n) is 13.9. The maximum atomic E-state index is 11.0. The number of nitrogens with one attached hydrogen (secondary N) is 1. The normalized spacial score (nSPS) is 16.8. The molecule has 0 spiro atoms.